The zero-order chi connectivity index (χ0) is 13.9. The van der Waals surface area contributed by atoms with E-state index in [4.69, 9.17) is 14.9 Å². The van der Waals surface area contributed by atoms with E-state index in [9.17, 15) is 4.39 Å². The second-order valence-corrected chi connectivity index (χ2v) is 4.54. The van der Waals surface area contributed by atoms with Crippen LogP contribution in [-0.4, -0.2) is 6.61 Å². The number of halogens is 1. The van der Waals surface area contributed by atoms with Gasteiger partial charge >= 0.3 is 0 Å². The molecule has 0 amide bonds. The molecule has 2 aromatic carbocycles. The number of hydrogen-bond acceptors (Lipinski definition) is 3. The lowest BCUT2D eigenvalue weighted by Gasteiger charge is -2.10. The summed E-state index contributed by atoms with van der Waals surface area (Å²) in [6.45, 7) is 0.269. The van der Waals surface area contributed by atoms with Crippen molar-refractivity contribution in [3.63, 3.8) is 0 Å². The van der Waals surface area contributed by atoms with E-state index >= 15 is 0 Å². The van der Waals surface area contributed by atoms with Crippen molar-refractivity contribution in [3.05, 3.63) is 66.2 Å². The van der Waals surface area contributed by atoms with Crippen molar-refractivity contribution >= 4 is 11.0 Å². The molecule has 1 unspecified atom stereocenters. The molecule has 1 aromatic heterocycles. The van der Waals surface area contributed by atoms with Gasteiger partial charge in [-0.3, -0.25) is 0 Å². The number of furan rings is 1. The Morgan fingerprint density at radius 1 is 1.10 bits per heavy atom. The maximum Gasteiger partial charge on any atom is 0.169 e. The van der Waals surface area contributed by atoms with E-state index in [0.717, 1.165) is 5.75 Å². The highest BCUT2D eigenvalue weighted by Crippen LogP contribution is 2.25. The minimum absolute atomic E-state index is 0.234. The van der Waals surface area contributed by atoms with Gasteiger partial charge in [0.25, 0.3) is 0 Å². The van der Waals surface area contributed by atoms with Gasteiger partial charge in [0.15, 0.2) is 11.4 Å². The van der Waals surface area contributed by atoms with Gasteiger partial charge in [0, 0.05) is 5.39 Å². The van der Waals surface area contributed by atoms with Crippen molar-refractivity contribution in [2.24, 2.45) is 5.73 Å². The average Bonchev–Trinajstić information content (AvgIpc) is 2.91. The third-order valence-electron chi connectivity index (χ3n) is 3.05. The van der Waals surface area contributed by atoms with E-state index in [0.29, 0.717) is 11.1 Å². The molecule has 0 aliphatic heterocycles. The Bertz CT molecular complexity index is 709. The molecule has 0 aliphatic carbocycles. The molecular weight excluding hydrogens is 257 g/mol. The summed E-state index contributed by atoms with van der Waals surface area (Å²) in [5.41, 5.74) is 6.25. The van der Waals surface area contributed by atoms with Crippen molar-refractivity contribution < 1.29 is 13.5 Å². The normalized spacial score (nSPS) is 12.5. The van der Waals surface area contributed by atoms with E-state index in [1.807, 2.05) is 30.3 Å². The predicted molar refractivity (Wildman–Crippen MR) is 75.0 cm³/mol. The van der Waals surface area contributed by atoms with Crippen LogP contribution in [0.25, 0.3) is 11.0 Å². The maximum absolute atomic E-state index is 13.5. The molecule has 102 valence electrons. The number of para-hydroxylation sites is 2. The van der Waals surface area contributed by atoms with Crippen LogP contribution in [0.2, 0.25) is 0 Å². The molecule has 0 bridgehead atoms. The van der Waals surface area contributed by atoms with Crippen LogP contribution >= 0.6 is 0 Å². The topological polar surface area (TPSA) is 48.4 Å². The summed E-state index contributed by atoms with van der Waals surface area (Å²) >= 11 is 0. The standard InChI is InChI=1S/C16H14FNO2/c17-13-8-4-5-11-9-15(20-16(11)13)14(18)10-19-12-6-2-1-3-7-12/h1-9,14H,10,18H2. The first-order valence-corrected chi connectivity index (χ1v) is 6.35. The van der Waals surface area contributed by atoms with Crippen LogP contribution in [0.5, 0.6) is 5.75 Å². The molecular formula is C16H14FNO2. The maximum atomic E-state index is 13.5. The fraction of sp³-hybridized carbons (Fsp3) is 0.125. The van der Waals surface area contributed by atoms with E-state index in [-0.39, 0.29) is 18.0 Å². The third kappa shape index (κ3) is 2.51. The van der Waals surface area contributed by atoms with Gasteiger partial charge in [0.05, 0.1) is 6.04 Å². The first kappa shape index (κ1) is 12.7. The zero-order valence-electron chi connectivity index (χ0n) is 10.8. The lowest BCUT2D eigenvalue weighted by molar-refractivity contribution is 0.275. The Morgan fingerprint density at radius 2 is 1.90 bits per heavy atom. The molecule has 1 atom stereocenters. The second kappa shape index (κ2) is 5.35. The summed E-state index contributed by atoms with van der Waals surface area (Å²) in [4.78, 5) is 0. The Kier molecular flexibility index (Phi) is 3.39. The van der Waals surface area contributed by atoms with Crippen molar-refractivity contribution in [2.75, 3.05) is 6.61 Å². The molecule has 20 heavy (non-hydrogen) atoms. The molecule has 0 saturated carbocycles. The predicted octanol–water partition coefficient (Wildman–Crippen LogP) is 3.65. The van der Waals surface area contributed by atoms with Crippen LogP contribution in [0, 0.1) is 5.82 Å². The molecule has 0 saturated heterocycles. The molecule has 0 spiro atoms. The van der Waals surface area contributed by atoms with Gasteiger partial charge < -0.3 is 14.9 Å². The number of benzene rings is 2. The molecule has 2 N–H and O–H groups in total. The summed E-state index contributed by atoms with van der Waals surface area (Å²) < 4.78 is 24.6. The minimum atomic E-state index is -0.443. The number of rotatable bonds is 4. The van der Waals surface area contributed by atoms with Crippen LogP contribution in [0.15, 0.2) is 59.0 Å². The van der Waals surface area contributed by atoms with Gasteiger partial charge in [0.2, 0.25) is 0 Å². The highest BCUT2D eigenvalue weighted by Gasteiger charge is 2.14. The van der Waals surface area contributed by atoms with Crippen LogP contribution < -0.4 is 10.5 Å². The first-order chi connectivity index (χ1) is 9.74. The third-order valence-corrected chi connectivity index (χ3v) is 3.05. The van der Waals surface area contributed by atoms with Crippen molar-refractivity contribution in [2.45, 2.75) is 6.04 Å². The molecule has 3 rings (SSSR count). The van der Waals surface area contributed by atoms with Gasteiger partial charge in [-0.15, -0.1) is 0 Å². The van der Waals surface area contributed by atoms with Gasteiger partial charge in [-0.05, 0) is 24.3 Å². The summed E-state index contributed by atoms with van der Waals surface area (Å²) in [6, 6.07) is 15.5. The summed E-state index contributed by atoms with van der Waals surface area (Å²) in [6.07, 6.45) is 0. The average molecular weight is 271 g/mol. The van der Waals surface area contributed by atoms with Gasteiger partial charge in [-0.1, -0.05) is 30.3 Å². The quantitative estimate of drug-likeness (QED) is 0.788. The van der Waals surface area contributed by atoms with Gasteiger partial charge in [-0.2, -0.15) is 0 Å². The highest BCUT2D eigenvalue weighted by molar-refractivity contribution is 5.78. The fourth-order valence-electron chi connectivity index (χ4n) is 2.02. The largest absolute Gasteiger partial charge is 0.491 e. The Balaban J connectivity index is 1.75. The van der Waals surface area contributed by atoms with Crippen molar-refractivity contribution in [1.29, 1.82) is 0 Å². The molecule has 0 fully saturated rings. The summed E-state index contributed by atoms with van der Waals surface area (Å²) in [5, 5.41) is 0.704. The number of ether oxygens (including phenoxy) is 1. The van der Waals surface area contributed by atoms with Crippen molar-refractivity contribution in [3.8, 4) is 5.75 Å². The first-order valence-electron chi connectivity index (χ1n) is 6.35. The minimum Gasteiger partial charge on any atom is -0.491 e. The van der Waals surface area contributed by atoms with Crippen molar-refractivity contribution in [1.82, 2.24) is 0 Å². The molecule has 3 nitrogen and oxygen atoms in total. The summed E-state index contributed by atoms with van der Waals surface area (Å²) in [5.74, 6) is 0.871. The van der Waals surface area contributed by atoms with E-state index in [1.54, 1.807) is 18.2 Å². The molecule has 0 radical (unpaired) electrons. The number of fused-ring (bicyclic) bond motifs is 1. The number of hydrogen-bond donors (Lipinski definition) is 1. The lowest BCUT2D eigenvalue weighted by atomic mass is 10.2. The Labute approximate surface area is 115 Å². The lowest BCUT2D eigenvalue weighted by Crippen LogP contribution is -2.18. The summed E-state index contributed by atoms with van der Waals surface area (Å²) in [7, 11) is 0. The molecule has 0 aliphatic rings. The van der Waals surface area contributed by atoms with Crippen LogP contribution in [-0.2, 0) is 0 Å². The van der Waals surface area contributed by atoms with E-state index in [1.165, 1.54) is 6.07 Å². The van der Waals surface area contributed by atoms with E-state index in [2.05, 4.69) is 0 Å². The molecule has 3 aromatic rings. The van der Waals surface area contributed by atoms with Gasteiger partial charge in [0.1, 0.15) is 18.1 Å². The molecule has 4 heteroatoms. The van der Waals surface area contributed by atoms with E-state index < -0.39 is 6.04 Å². The Hall–Kier alpha value is -2.33. The molecule has 1 heterocycles. The fourth-order valence-corrected chi connectivity index (χ4v) is 2.02. The van der Waals surface area contributed by atoms with Crippen LogP contribution in [0.3, 0.4) is 0 Å². The van der Waals surface area contributed by atoms with Crippen LogP contribution in [0.1, 0.15) is 11.8 Å². The highest BCUT2D eigenvalue weighted by atomic mass is 19.1. The second-order valence-electron chi connectivity index (χ2n) is 4.54. The van der Waals surface area contributed by atoms with Gasteiger partial charge in [-0.25, -0.2) is 4.39 Å². The smallest absolute Gasteiger partial charge is 0.169 e. The monoisotopic (exact) mass is 271 g/mol. The SMILES string of the molecule is NC(COc1ccccc1)c1cc2cccc(F)c2o1. The number of nitrogens with two attached hydrogens (primary N) is 1. The zero-order valence-corrected chi connectivity index (χ0v) is 10.8. The van der Waals surface area contributed by atoms with Crippen LogP contribution in [0.4, 0.5) is 4.39 Å². The Morgan fingerprint density at radius 3 is 2.65 bits per heavy atom.